The van der Waals surface area contributed by atoms with Gasteiger partial charge in [-0.2, -0.15) is 0 Å². The molecule has 0 atom stereocenters. The van der Waals surface area contributed by atoms with Crippen LogP contribution in [0, 0.1) is 6.92 Å². The van der Waals surface area contributed by atoms with Crippen LogP contribution in [0.15, 0.2) is 47.6 Å². The monoisotopic (exact) mass is 198 g/mol. The second-order valence-corrected chi connectivity index (χ2v) is 4.49. The largest absolute Gasteiger partial charge is 0.0815 e. The van der Waals surface area contributed by atoms with Crippen LogP contribution < -0.4 is 0 Å². The highest BCUT2D eigenvalue weighted by Crippen LogP contribution is 2.21. The molecule has 78 valence electrons. The van der Waals surface area contributed by atoms with E-state index in [0.717, 1.165) is 19.3 Å². The Morgan fingerprint density at radius 3 is 2.40 bits per heavy atom. The molecule has 0 saturated heterocycles. The lowest BCUT2D eigenvalue weighted by Gasteiger charge is -2.12. The van der Waals surface area contributed by atoms with E-state index < -0.39 is 0 Å². The lowest BCUT2D eigenvalue weighted by Crippen LogP contribution is -1.95. The predicted octanol–water partition coefficient (Wildman–Crippen LogP) is 4.20. The minimum absolute atomic E-state index is 1.12. The third kappa shape index (κ3) is 2.82. The van der Waals surface area contributed by atoms with E-state index in [0.29, 0.717) is 0 Å². The molecule has 0 spiro atoms. The molecule has 0 amide bonds. The quantitative estimate of drug-likeness (QED) is 0.625. The van der Waals surface area contributed by atoms with Crippen molar-refractivity contribution < 1.29 is 0 Å². The van der Waals surface area contributed by atoms with E-state index in [9.17, 15) is 0 Å². The van der Waals surface area contributed by atoms with E-state index >= 15 is 0 Å². The van der Waals surface area contributed by atoms with E-state index in [4.69, 9.17) is 0 Å². The average Bonchev–Trinajstić information content (AvgIpc) is 2.22. The van der Waals surface area contributed by atoms with Crippen molar-refractivity contribution >= 4 is 0 Å². The first kappa shape index (κ1) is 10.2. The van der Waals surface area contributed by atoms with Crippen molar-refractivity contribution in [3.05, 3.63) is 58.7 Å². The van der Waals surface area contributed by atoms with Crippen molar-refractivity contribution in [1.82, 2.24) is 0 Å². The Morgan fingerprint density at radius 1 is 1.00 bits per heavy atom. The summed E-state index contributed by atoms with van der Waals surface area (Å²) in [5, 5.41) is 0. The van der Waals surface area contributed by atoms with Gasteiger partial charge in [-0.3, -0.25) is 0 Å². The van der Waals surface area contributed by atoms with Crippen molar-refractivity contribution in [3.63, 3.8) is 0 Å². The fourth-order valence-electron chi connectivity index (χ4n) is 2.03. The van der Waals surface area contributed by atoms with E-state index in [1.54, 1.807) is 5.57 Å². The molecule has 0 unspecified atom stereocenters. The standard InChI is InChI=1S/C15H18/c1-12-6-8-14(9-7-12)11-15-5-3-4-13(2)10-15/h4-9H,3,10-11H2,1-2H3. The molecule has 15 heavy (non-hydrogen) atoms. The van der Waals surface area contributed by atoms with Crippen LogP contribution in [0.25, 0.3) is 0 Å². The topological polar surface area (TPSA) is 0 Å². The first-order valence-electron chi connectivity index (χ1n) is 5.63. The number of rotatable bonds is 2. The number of allylic oxidation sites excluding steroid dienone is 4. The van der Waals surface area contributed by atoms with Gasteiger partial charge in [0.05, 0.1) is 0 Å². The number of benzene rings is 1. The molecule has 0 aliphatic heterocycles. The zero-order chi connectivity index (χ0) is 10.7. The van der Waals surface area contributed by atoms with E-state index in [1.165, 1.54) is 16.7 Å². The summed E-state index contributed by atoms with van der Waals surface area (Å²) in [7, 11) is 0. The van der Waals surface area contributed by atoms with Crippen LogP contribution in [0.4, 0.5) is 0 Å². The third-order valence-electron chi connectivity index (χ3n) is 2.93. The highest BCUT2D eigenvalue weighted by molar-refractivity contribution is 5.29. The zero-order valence-corrected chi connectivity index (χ0v) is 9.59. The van der Waals surface area contributed by atoms with Crippen LogP contribution in [0.5, 0.6) is 0 Å². The maximum atomic E-state index is 2.37. The first-order chi connectivity index (χ1) is 7.24. The Balaban J connectivity index is 2.03. The Kier molecular flexibility index (Phi) is 3.05. The van der Waals surface area contributed by atoms with Crippen LogP contribution in [-0.2, 0) is 6.42 Å². The molecule has 0 radical (unpaired) electrons. The molecular weight excluding hydrogens is 180 g/mol. The molecule has 2 rings (SSSR count). The Morgan fingerprint density at radius 2 is 1.73 bits per heavy atom. The van der Waals surface area contributed by atoms with Crippen LogP contribution >= 0.6 is 0 Å². The molecule has 0 heterocycles. The van der Waals surface area contributed by atoms with Gasteiger partial charge < -0.3 is 0 Å². The van der Waals surface area contributed by atoms with E-state index in [-0.39, 0.29) is 0 Å². The van der Waals surface area contributed by atoms with Gasteiger partial charge in [0.15, 0.2) is 0 Å². The van der Waals surface area contributed by atoms with Gasteiger partial charge in [-0.05, 0) is 38.7 Å². The minimum atomic E-state index is 1.12. The average molecular weight is 198 g/mol. The minimum Gasteiger partial charge on any atom is -0.0815 e. The third-order valence-corrected chi connectivity index (χ3v) is 2.93. The van der Waals surface area contributed by atoms with Gasteiger partial charge in [-0.1, -0.05) is 53.1 Å². The molecule has 0 N–H and O–H groups in total. The fourth-order valence-corrected chi connectivity index (χ4v) is 2.03. The predicted molar refractivity (Wildman–Crippen MR) is 66.0 cm³/mol. The molecule has 1 aromatic rings. The van der Waals surface area contributed by atoms with Crippen molar-refractivity contribution in [1.29, 1.82) is 0 Å². The highest BCUT2D eigenvalue weighted by Gasteiger charge is 2.04. The molecular formula is C15H18. The van der Waals surface area contributed by atoms with Crippen LogP contribution in [0.1, 0.15) is 30.9 Å². The van der Waals surface area contributed by atoms with Crippen LogP contribution in [0.2, 0.25) is 0 Å². The number of hydrogen-bond donors (Lipinski definition) is 0. The zero-order valence-electron chi connectivity index (χ0n) is 9.59. The molecule has 0 saturated carbocycles. The Labute approximate surface area is 92.3 Å². The second-order valence-electron chi connectivity index (χ2n) is 4.49. The molecule has 0 bridgehead atoms. The van der Waals surface area contributed by atoms with E-state index in [2.05, 4.69) is 50.3 Å². The van der Waals surface area contributed by atoms with Gasteiger partial charge in [0.2, 0.25) is 0 Å². The van der Waals surface area contributed by atoms with Gasteiger partial charge in [0, 0.05) is 0 Å². The molecule has 0 nitrogen and oxygen atoms in total. The lowest BCUT2D eigenvalue weighted by atomic mass is 9.94. The van der Waals surface area contributed by atoms with Gasteiger partial charge in [-0.15, -0.1) is 0 Å². The number of aryl methyl sites for hydroxylation is 1. The SMILES string of the molecule is CC1=CCC=C(Cc2ccc(C)cc2)C1. The van der Waals surface area contributed by atoms with Crippen LogP contribution in [-0.4, -0.2) is 0 Å². The Bertz CT molecular complexity index is 391. The normalized spacial score (nSPS) is 15.9. The van der Waals surface area contributed by atoms with Crippen LogP contribution in [0.3, 0.4) is 0 Å². The van der Waals surface area contributed by atoms with Gasteiger partial charge in [0.1, 0.15) is 0 Å². The van der Waals surface area contributed by atoms with E-state index in [1.807, 2.05) is 0 Å². The summed E-state index contributed by atoms with van der Waals surface area (Å²) in [5.41, 5.74) is 5.85. The summed E-state index contributed by atoms with van der Waals surface area (Å²) < 4.78 is 0. The van der Waals surface area contributed by atoms with Crippen molar-refractivity contribution in [2.45, 2.75) is 33.1 Å². The fraction of sp³-hybridized carbons (Fsp3) is 0.333. The molecule has 0 heteroatoms. The second kappa shape index (κ2) is 4.48. The summed E-state index contributed by atoms with van der Waals surface area (Å²) >= 11 is 0. The smallest absolute Gasteiger partial charge is 0.00638 e. The molecule has 0 aromatic heterocycles. The molecule has 1 aliphatic rings. The summed E-state index contributed by atoms with van der Waals surface area (Å²) in [5.74, 6) is 0. The first-order valence-corrected chi connectivity index (χ1v) is 5.63. The number of hydrogen-bond acceptors (Lipinski definition) is 0. The highest BCUT2D eigenvalue weighted by atomic mass is 14.1. The summed E-state index contributed by atoms with van der Waals surface area (Å²) in [6.07, 6.45) is 8.08. The maximum Gasteiger partial charge on any atom is -0.00638 e. The summed E-state index contributed by atoms with van der Waals surface area (Å²) in [6, 6.07) is 8.87. The van der Waals surface area contributed by atoms with Gasteiger partial charge >= 0.3 is 0 Å². The van der Waals surface area contributed by atoms with Crippen molar-refractivity contribution in [2.75, 3.05) is 0 Å². The molecule has 1 aromatic carbocycles. The van der Waals surface area contributed by atoms with Gasteiger partial charge in [-0.25, -0.2) is 0 Å². The maximum absolute atomic E-state index is 2.37. The molecule has 1 aliphatic carbocycles. The van der Waals surface area contributed by atoms with Gasteiger partial charge in [0.25, 0.3) is 0 Å². The van der Waals surface area contributed by atoms with Crippen molar-refractivity contribution in [3.8, 4) is 0 Å². The summed E-state index contributed by atoms with van der Waals surface area (Å²) in [6.45, 7) is 4.36. The lowest BCUT2D eigenvalue weighted by molar-refractivity contribution is 0.965. The Hall–Kier alpha value is -1.30. The van der Waals surface area contributed by atoms with Crippen molar-refractivity contribution in [2.24, 2.45) is 0 Å². The summed E-state index contributed by atoms with van der Waals surface area (Å²) in [4.78, 5) is 0. The molecule has 0 fully saturated rings.